The molecule has 1 heterocycles. The Bertz CT molecular complexity index is 1150. The van der Waals surface area contributed by atoms with Gasteiger partial charge in [0, 0.05) is 17.0 Å². The van der Waals surface area contributed by atoms with E-state index in [1.165, 1.54) is 18.2 Å². The highest BCUT2D eigenvalue weighted by atomic mass is 19.2. The highest BCUT2D eigenvalue weighted by Crippen LogP contribution is 2.33. The van der Waals surface area contributed by atoms with Crippen LogP contribution in [0.2, 0.25) is 0 Å². The SMILES string of the molecule is C/C=C\CCOc1ccc(-c2ccc(-c3ccc(C4OCC(C)CO4)c(F)c3)cc2)c(F)c1F. The standard InChI is InChI=1S/C28H27F3O3/c1-3-4-5-14-32-25-13-12-22(26(30)27(25)31)20-8-6-19(7-9-20)21-10-11-23(24(29)15-21)28-33-16-18(2)17-34-28/h3-4,6-13,15,18,28H,5,14,16-17H2,1-2H3/b4-3-. The average Bonchev–Trinajstić information content (AvgIpc) is 2.85. The smallest absolute Gasteiger partial charge is 0.201 e. The fraction of sp³-hybridized carbons (Fsp3) is 0.286. The van der Waals surface area contributed by atoms with Gasteiger partial charge in [-0.1, -0.05) is 55.5 Å². The molecule has 0 N–H and O–H groups in total. The van der Waals surface area contributed by atoms with Crippen LogP contribution < -0.4 is 4.74 Å². The van der Waals surface area contributed by atoms with Crippen LogP contribution in [-0.2, 0) is 9.47 Å². The summed E-state index contributed by atoms with van der Waals surface area (Å²) in [4.78, 5) is 0. The summed E-state index contributed by atoms with van der Waals surface area (Å²) in [6.07, 6.45) is 3.67. The molecule has 6 heteroatoms. The number of halogens is 3. The number of hydrogen-bond acceptors (Lipinski definition) is 3. The molecule has 0 unspecified atom stereocenters. The minimum absolute atomic E-state index is 0.113. The van der Waals surface area contributed by atoms with E-state index in [2.05, 4.69) is 0 Å². The van der Waals surface area contributed by atoms with Crippen molar-refractivity contribution in [2.24, 2.45) is 5.92 Å². The Balaban J connectivity index is 1.50. The largest absolute Gasteiger partial charge is 0.490 e. The minimum atomic E-state index is -1.01. The van der Waals surface area contributed by atoms with Gasteiger partial charge in [0.25, 0.3) is 0 Å². The third-order valence-electron chi connectivity index (χ3n) is 5.67. The fourth-order valence-electron chi connectivity index (χ4n) is 3.79. The van der Waals surface area contributed by atoms with Gasteiger partial charge < -0.3 is 14.2 Å². The van der Waals surface area contributed by atoms with Crippen LogP contribution in [0.25, 0.3) is 22.3 Å². The fourth-order valence-corrected chi connectivity index (χ4v) is 3.79. The molecular formula is C28H27F3O3. The molecule has 1 saturated heterocycles. The lowest BCUT2D eigenvalue weighted by Gasteiger charge is -2.27. The summed E-state index contributed by atoms with van der Waals surface area (Å²) in [5, 5.41) is 0. The molecule has 3 nitrogen and oxygen atoms in total. The maximum Gasteiger partial charge on any atom is 0.201 e. The van der Waals surface area contributed by atoms with Crippen molar-refractivity contribution in [3.63, 3.8) is 0 Å². The first-order valence-electron chi connectivity index (χ1n) is 11.3. The second-order valence-electron chi connectivity index (χ2n) is 8.36. The van der Waals surface area contributed by atoms with Crippen molar-refractivity contribution < 1.29 is 27.4 Å². The van der Waals surface area contributed by atoms with E-state index < -0.39 is 23.7 Å². The van der Waals surface area contributed by atoms with Crippen LogP contribution in [0.4, 0.5) is 13.2 Å². The van der Waals surface area contributed by atoms with Crippen molar-refractivity contribution in [2.75, 3.05) is 19.8 Å². The Hall–Kier alpha value is -3.09. The van der Waals surface area contributed by atoms with Gasteiger partial charge in [-0.3, -0.25) is 0 Å². The minimum Gasteiger partial charge on any atom is -0.490 e. The quantitative estimate of drug-likeness (QED) is 0.266. The van der Waals surface area contributed by atoms with Crippen LogP contribution in [0.1, 0.15) is 32.1 Å². The third-order valence-corrected chi connectivity index (χ3v) is 5.67. The number of benzene rings is 3. The van der Waals surface area contributed by atoms with Gasteiger partial charge in [0.1, 0.15) is 5.82 Å². The maximum atomic E-state index is 14.8. The van der Waals surface area contributed by atoms with Crippen molar-refractivity contribution in [1.29, 1.82) is 0 Å². The number of ether oxygens (including phenoxy) is 3. The maximum absolute atomic E-state index is 14.8. The third kappa shape index (κ3) is 5.34. The van der Waals surface area contributed by atoms with E-state index in [-0.39, 0.29) is 23.8 Å². The summed E-state index contributed by atoms with van der Waals surface area (Å²) in [5.41, 5.74) is 2.41. The first-order valence-corrected chi connectivity index (χ1v) is 11.3. The normalized spacial score (nSPS) is 18.4. The molecule has 0 radical (unpaired) electrons. The van der Waals surface area contributed by atoms with Gasteiger partial charge in [0.05, 0.1) is 19.8 Å². The number of allylic oxidation sites excluding steroid dienone is 1. The molecule has 3 aromatic rings. The van der Waals surface area contributed by atoms with E-state index in [4.69, 9.17) is 14.2 Å². The van der Waals surface area contributed by atoms with E-state index >= 15 is 0 Å². The summed E-state index contributed by atoms with van der Waals surface area (Å²) < 4.78 is 60.5. The molecule has 0 saturated carbocycles. The molecule has 0 spiro atoms. The van der Waals surface area contributed by atoms with Crippen LogP contribution in [-0.4, -0.2) is 19.8 Å². The molecule has 0 amide bonds. The molecule has 0 atom stereocenters. The molecule has 178 valence electrons. The molecule has 1 aliphatic rings. The van der Waals surface area contributed by atoms with E-state index in [0.717, 1.165) is 5.56 Å². The van der Waals surface area contributed by atoms with E-state index in [1.807, 2.05) is 26.0 Å². The van der Waals surface area contributed by atoms with Gasteiger partial charge in [-0.15, -0.1) is 0 Å². The summed E-state index contributed by atoms with van der Waals surface area (Å²) in [5.74, 6) is -2.23. The van der Waals surface area contributed by atoms with Crippen molar-refractivity contribution in [3.05, 3.63) is 89.8 Å². The highest BCUT2D eigenvalue weighted by molar-refractivity contribution is 5.71. The Morgan fingerprint density at radius 1 is 0.882 bits per heavy atom. The first-order chi connectivity index (χ1) is 16.5. The molecule has 1 aliphatic heterocycles. The van der Waals surface area contributed by atoms with Gasteiger partial charge in [0.15, 0.2) is 17.9 Å². The molecule has 1 fully saturated rings. The second-order valence-corrected chi connectivity index (χ2v) is 8.36. The van der Waals surface area contributed by atoms with Gasteiger partial charge in [-0.2, -0.15) is 4.39 Å². The van der Waals surface area contributed by atoms with Crippen molar-refractivity contribution in [1.82, 2.24) is 0 Å². The van der Waals surface area contributed by atoms with E-state index in [9.17, 15) is 13.2 Å². The van der Waals surface area contributed by atoms with Crippen LogP contribution in [0.3, 0.4) is 0 Å². The molecule has 0 aromatic heterocycles. The predicted molar refractivity (Wildman–Crippen MR) is 126 cm³/mol. The van der Waals surface area contributed by atoms with Crippen molar-refractivity contribution in [3.8, 4) is 28.0 Å². The Kier molecular flexibility index (Phi) is 7.70. The lowest BCUT2D eigenvalue weighted by Crippen LogP contribution is -2.25. The van der Waals surface area contributed by atoms with Gasteiger partial charge in [-0.05, 0) is 48.2 Å². The van der Waals surface area contributed by atoms with Crippen molar-refractivity contribution in [2.45, 2.75) is 26.6 Å². The van der Waals surface area contributed by atoms with Crippen LogP contribution >= 0.6 is 0 Å². The molecular weight excluding hydrogens is 441 g/mol. The number of rotatable bonds is 7. The second kappa shape index (κ2) is 10.9. The van der Waals surface area contributed by atoms with Gasteiger partial charge >= 0.3 is 0 Å². The zero-order chi connectivity index (χ0) is 24.1. The first kappa shape index (κ1) is 24.0. The zero-order valence-corrected chi connectivity index (χ0v) is 19.2. The lowest BCUT2D eigenvalue weighted by atomic mass is 9.98. The summed E-state index contributed by atoms with van der Waals surface area (Å²) in [6, 6.07) is 14.7. The van der Waals surface area contributed by atoms with Crippen LogP contribution in [0, 0.1) is 23.4 Å². The summed E-state index contributed by atoms with van der Waals surface area (Å²) in [6.45, 7) is 5.20. The average molecular weight is 469 g/mol. The molecule has 4 rings (SSSR count). The Morgan fingerprint density at radius 3 is 2.24 bits per heavy atom. The van der Waals surface area contributed by atoms with E-state index in [0.29, 0.717) is 36.3 Å². The topological polar surface area (TPSA) is 27.7 Å². The molecule has 0 bridgehead atoms. The Labute approximate surface area is 197 Å². The Morgan fingerprint density at radius 2 is 1.56 bits per heavy atom. The van der Waals surface area contributed by atoms with Crippen LogP contribution in [0.15, 0.2) is 66.7 Å². The van der Waals surface area contributed by atoms with Crippen molar-refractivity contribution >= 4 is 0 Å². The van der Waals surface area contributed by atoms with Gasteiger partial charge in [-0.25, -0.2) is 8.78 Å². The van der Waals surface area contributed by atoms with E-state index in [1.54, 1.807) is 36.4 Å². The van der Waals surface area contributed by atoms with Crippen LogP contribution in [0.5, 0.6) is 5.75 Å². The summed E-state index contributed by atoms with van der Waals surface area (Å²) in [7, 11) is 0. The molecule has 34 heavy (non-hydrogen) atoms. The predicted octanol–water partition coefficient (Wildman–Crippen LogP) is 7.46. The number of hydrogen-bond donors (Lipinski definition) is 0. The highest BCUT2D eigenvalue weighted by Gasteiger charge is 2.24. The lowest BCUT2D eigenvalue weighted by molar-refractivity contribution is -0.203. The zero-order valence-electron chi connectivity index (χ0n) is 19.2. The van der Waals surface area contributed by atoms with Gasteiger partial charge in [0.2, 0.25) is 5.82 Å². The molecule has 0 aliphatic carbocycles. The molecule has 3 aromatic carbocycles. The monoisotopic (exact) mass is 468 g/mol. The summed E-state index contributed by atoms with van der Waals surface area (Å²) >= 11 is 0.